The van der Waals surface area contributed by atoms with Gasteiger partial charge in [-0.05, 0) is 0 Å². The molecule has 7 heteroatoms. The van der Waals surface area contributed by atoms with Gasteiger partial charge in [-0.15, -0.1) is 0 Å². The van der Waals surface area contributed by atoms with Gasteiger partial charge in [0, 0.05) is 16.8 Å². The molecule has 0 amide bonds. The van der Waals surface area contributed by atoms with Gasteiger partial charge in [0.2, 0.25) is 17.3 Å². The number of aromatic hydroxyl groups is 2. The van der Waals surface area contributed by atoms with Gasteiger partial charge in [0.25, 0.3) is 0 Å². The van der Waals surface area contributed by atoms with Gasteiger partial charge in [-0.1, -0.05) is 24.3 Å². The van der Waals surface area contributed by atoms with E-state index in [1.807, 2.05) is 0 Å². The summed E-state index contributed by atoms with van der Waals surface area (Å²) < 4.78 is 4.95. The molecular weight excluding hydrogens is 316 g/mol. The van der Waals surface area contributed by atoms with Crippen molar-refractivity contribution in [1.82, 2.24) is 0 Å². The largest absolute Gasteiger partial charge is 0.506 e. The van der Waals surface area contributed by atoms with E-state index in [1.54, 1.807) is 12.1 Å². The van der Waals surface area contributed by atoms with Gasteiger partial charge < -0.3 is 19.7 Å². The highest BCUT2D eigenvalue weighted by molar-refractivity contribution is 6.31. The van der Waals surface area contributed by atoms with Crippen LogP contribution in [-0.4, -0.2) is 32.9 Å². The van der Waals surface area contributed by atoms with E-state index in [4.69, 9.17) is 9.52 Å². The number of carbonyl (C=O) groups is 3. The molecule has 24 heavy (non-hydrogen) atoms. The predicted octanol–water partition coefficient (Wildman–Crippen LogP) is 2.32. The molecule has 0 spiro atoms. The number of furan rings is 1. The number of ketones is 2. The molecule has 1 aromatic heterocycles. The standard InChI is InChI=1S/C17H8O7/c18-12-6-3-1-2-4-7(6)13(19)11-10(12)14(20)8-5-9(17(22)23)24-16(8)15(11)21/h1-5,18-19H,(H,22,23). The molecule has 0 aliphatic heterocycles. The lowest BCUT2D eigenvalue weighted by Gasteiger charge is -2.18. The number of hydrogen-bond acceptors (Lipinski definition) is 6. The molecule has 0 saturated heterocycles. The predicted molar refractivity (Wildman–Crippen MR) is 79.8 cm³/mol. The lowest BCUT2D eigenvalue weighted by molar-refractivity contribution is 0.0660. The zero-order valence-corrected chi connectivity index (χ0v) is 11.9. The van der Waals surface area contributed by atoms with Gasteiger partial charge in [-0.25, -0.2) is 4.79 Å². The van der Waals surface area contributed by atoms with Gasteiger partial charge in [-0.3, -0.25) is 9.59 Å². The van der Waals surface area contributed by atoms with E-state index in [2.05, 4.69) is 0 Å². The van der Waals surface area contributed by atoms with Crippen LogP contribution in [0.15, 0.2) is 34.7 Å². The SMILES string of the molecule is O=C(O)c1cc2c(o1)C(=O)c1c(c(O)c3ccccc3c1O)C2=O. The van der Waals surface area contributed by atoms with E-state index in [-0.39, 0.29) is 21.9 Å². The van der Waals surface area contributed by atoms with Crippen LogP contribution in [0.2, 0.25) is 0 Å². The Bertz CT molecular complexity index is 1010. The van der Waals surface area contributed by atoms with E-state index in [0.717, 1.165) is 6.07 Å². The fourth-order valence-corrected chi connectivity index (χ4v) is 2.93. The highest BCUT2D eigenvalue weighted by atomic mass is 16.4. The summed E-state index contributed by atoms with van der Waals surface area (Å²) >= 11 is 0. The Balaban J connectivity index is 2.12. The summed E-state index contributed by atoms with van der Waals surface area (Å²) in [4.78, 5) is 36.2. The van der Waals surface area contributed by atoms with Gasteiger partial charge in [0.15, 0.2) is 5.76 Å². The van der Waals surface area contributed by atoms with Crippen molar-refractivity contribution in [2.45, 2.75) is 0 Å². The molecule has 0 unspecified atom stereocenters. The molecule has 0 fully saturated rings. The maximum Gasteiger partial charge on any atom is 0.371 e. The van der Waals surface area contributed by atoms with Crippen LogP contribution in [0.4, 0.5) is 0 Å². The number of hydrogen-bond donors (Lipinski definition) is 3. The highest BCUT2D eigenvalue weighted by Crippen LogP contribution is 2.44. The summed E-state index contributed by atoms with van der Waals surface area (Å²) in [6.07, 6.45) is 0. The Hall–Kier alpha value is -3.61. The maximum atomic E-state index is 12.6. The number of carboxylic acids is 1. The van der Waals surface area contributed by atoms with Crippen molar-refractivity contribution in [1.29, 1.82) is 0 Å². The van der Waals surface area contributed by atoms with Gasteiger partial charge in [0.05, 0.1) is 16.7 Å². The van der Waals surface area contributed by atoms with E-state index in [0.29, 0.717) is 0 Å². The third-order valence-corrected chi connectivity index (χ3v) is 4.01. The number of rotatable bonds is 1. The monoisotopic (exact) mass is 324 g/mol. The molecule has 0 bridgehead atoms. The number of phenols is 2. The minimum atomic E-state index is -1.44. The third-order valence-electron chi connectivity index (χ3n) is 4.01. The second-order valence-electron chi connectivity index (χ2n) is 5.31. The molecule has 3 N–H and O–H groups in total. The molecule has 3 aromatic rings. The molecule has 2 aromatic carbocycles. The normalized spacial score (nSPS) is 13.0. The minimum absolute atomic E-state index is 0.198. The number of phenolic OH excluding ortho intramolecular Hbond substituents is 2. The van der Waals surface area contributed by atoms with Crippen LogP contribution >= 0.6 is 0 Å². The first-order valence-electron chi connectivity index (χ1n) is 6.85. The number of fused-ring (bicyclic) bond motifs is 3. The Kier molecular flexibility index (Phi) is 2.60. The molecule has 118 valence electrons. The Morgan fingerprint density at radius 2 is 1.46 bits per heavy atom. The first-order valence-corrected chi connectivity index (χ1v) is 6.85. The van der Waals surface area contributed by atoms with Crippen molar-refractivity contribution >= 4 is 28.3 Å². The average molecular weight is 324 g/mol. The molecule has 1 aliphatic rings. The van der Waals surface area contributed by atoms with Crippen molar-refractivity contribution in [3.05, 3.63) is 58.5 Å². The van der Waals surface area contributed by atoms with Crippen molar-refractivity contribution in [3.8, 4) is 11.5 Å². The number of carboxylic acid groups (broad SMARTS) is 1. The fraction of sp³-hybridized carbons (Fsp3) is 0. The highest BCUT2D eigenvalue weighted by Gasteiger charge is 2.39. The number of aromatic carboxylic acids is 1. The van der Waals surface area contributed by atoms with E-state index in [9.17, 15) is 24.6 Å². The Morgan fingerprint density at radius 3 is 2.00 bits per heavy atom. The molecule has 1 heterocycles. The maximum absolute atomic E-state index is 12.6. The molecule has 0 atom stereocenters. The summed E-state index contributed by atoms with van der Waals surface area (Å²) in [5, 5.41) is 30.2. The lowest BCUT2D eigenvalue weighted by Crippen LogP contribution is -2.19. The van der Waals surface area contributed by atoms with Crippen LogP contribution in [0.25, 0.3) is 10.8 Å². The molecule has 0 saturated carbocycles. The third kappa shape index (κ3) is 1.58. The van der Waals surface area contributed by atoms with E-state index < -0.39 is 46.1 Å². The first-order chi connectivity index (χ1) is 11.4. The lowest BCUT2D eigenvalue weighted by atomic mass is 9.85. The van der Waals surface area contributed by atoms with Crippen LogP contribution in [0.5, 0.6) is 11.5 Å². The fourth-order valence-electron chi connectivity index (χ4n) is 2.93. The van der Waals surface area contributed by atoms with Crippen LogP contribution in [0, 0.1) is 0 Å². The van der Waals surface area contributed by atoms with Crippen molar-refractivity contribution in [2.75, 3.05) is 0 Å². The Morgan fingerprint density at radius 1 is 0.917 bits per heavy atom. The average Bonchev–Trinajstić information content (AvgIpc) is 3.02. The minimum Gasteiger partial charge on any atom is -0.506 e. The summed E-state index contributed by atoms with van der Waals surface area (Å²) in [5.41, 5.74) is -1.01. The van der Waals surface area contributed by atoms with Crippen molar-refractivity contribution < 1.29 is 34.1 Å². The summed E-state index contributed by atoms with van der Waals surface area (Å²) in [5.74, 6) is -5.02. The van der Waals surface area contributed by atoms with Gasteiger partial charge in [-0.2, -0.15) is 0 Å². The van der Waals surface area contributed by atoms with E-state index in [1.165, 1.54) is 12.1 Å². The second-order valence-corrected chi connectivity index (χ2v) is 5.31. The van der Waals surface area contributed by atoms with Crippen molar-refractivity contribution in [2.24, 2.45) is 0 Å². The topological polar surface area (TPSA) is 125 Å². The zero-order valence-electron chi connectivity index (χ0n) is 11.9. The molecular formula is C17H8O7. The summed E-state index contributed by atoms with van der Waals surface area (Å²) in [6.45, 7) is 0. The van der Waals surface area contributed by atoms with Gasteiger partial charge >= 0.3 is 5.97 Å². The van der Waals surface area contributed by atoms with Crippen LogP contribution in [0.3, 0.4) is 0 Å². The smallest absolute Gasteiger partial charge is 0.371 e. The molecule has 7 nitrogen and oxygen atoms in total. The number of carbonyl (C=O) groups excluding carboxylic acids is 2. The van der Waals surface area contributed by atoms with Crippen molar-refractivity contribution in [3.63, 3.8) is 0 Å². The van der Waals surface area contributed by atoms with Crippen LogP contribution in [-0.2, 0) is 0 Å². The molecule has 0 radical (unpaired) electrons. The second kappa shape index (κ2) is 4.45. The first kappa shape index (κ1) is 14.0. The quantitative estimate of drug-likeness (QED) is 0.459. The van der Waals surface area contributed by atoms with Crippen LogP contribution in [0.1, 0.15) is 42.6 Å². The van der Waals surface area contributed by atoms with Gasteiger partial charge in [0.1, 0.15) is 11.5 Å². The molecule has 1 aliphatic carbocycles. The summed E-state index contributed by atoms with van der Waals surface area (Å²) in [6, 6.07) is 7.13. The zero-order chi connectivity index (χ0) is 17.2. The molecule has 4 rings (SSSR count). The number of benzene rings is 2. The summed E-state index contributed by atoms with van der Waals surface area (Å²) in [7, 11) is 0. The Labute approximate surface area is 133 Å². The van der Waals surface area contributed by atoms with E-state index >= 15 is 0 Å². The van der Waals surface area contributed by atoms with Crippen LogP contribution < -0.4 is 0 Å².